The van der Waals surface area contributed by atoms with E-state index in [1.165, 1.54) is 33.4 Å². The van der Waals surface area contributed by atoms with Gasteiger partial charge in [0, 0.05) is 28.2 Å². The molecule has 0 aliphatic carbocycles. The van der Waals surface area contributed by atoms with Crippen LogP contribution in [0.25, 0.3) is 5.78 Å². The van der Waals surface area contributed by atoms with E-state index in [1.807, 2.05) is 0 Å². The maximum atomic E-state index is 13.4. The van der Waals surface area contributed by atoms with Crippen molar-refractivity contribution in [2.75, 3.05) is 23.8 Å². The largest absolute Gasteiger partial charge is 0.512 e. The number of carbonyl (C=O) groups excluding carboxylic acids is 4. The lowest BCUT2D eigenvalue weighted by atomic mass is 10.1. The molecule has 1 saturated heterocycles. The highest BCUT2D eigenvalue weighted by Gasteiger charge is 2.54. The highest BCUT2D eigenvalue weighted by molar-refractivity contribution is 8.01. The van der Waals surface area contributed by atoms with Crippen LogP contribution < -0.4 is 16.8 Å². The standard InChI is InChI=1S/C26H28N10O9S3/c1-10-5-13(36-24(29-10)32-18(33-36)17(27)38)46-7-11-8-47-22-16(20(40)35(22)21(11)44-25(41)42)31-19(39)15(12-9-48-23(28)30-12)34-43-6-14(37)45-26(2,3)4/h5,9,16,22H,6-8H2,1-4H3,(H2,27,38)(H2,28,30)(H,31,39)(H,41,42)/b34-15-/t16-,22-/m1/s1. The molecule has 2 aliphatic heterocycles. The van der Waals surface area contributed by atoms with Crippen molar-refractivity contribution < 1.29 is 43.4 Å². The molecule has 19 nitrogen and oxygen atoms in total. The van der Waals surface area contributed by atoms with Crippen LogP contribution >= 0.6 is 34.9 Å². The Kier molecular flexibility index (Phi) is 9.77. The number of anilines is 1. The number of hydrogen-bond acceptors (Lipinski definition) is 17. The third kappa shape index (κ3) is 7.60. The van der Waals surface area contributed by atoms with Crippen LogP contribution in [-0.4, -0.2) is 105 Å². The van der Waals surface area contributed by atoms with Gasteiger partial charge in [-0.25, -0.2) is 19.6 Å². The van der Waals surface area contributed by atoms with E-state index in [1.54, 1.807) is 33.8 Å². The van der Waals surface area contributed by atoms with Gasteiger partial charge in [-0.2, -0.15) is 9.50 Å². The number of oxime groups is 1. The fourth-order valence-corrected chi connectivity index (χ4v) is 7.41. The van der Waals surface area contributed by atoms with Crippen LogP contribution in [0.5, 0.6) is 0 Å². The number of aryl methyl sites for hydroxylation is 1. The third-order valence-electron chi connectivity index (χ3n) is 6.22. The number of rotatable bonds is 11. The molecule has 22 heteroatoms. The van der Waals surface area contributed by atoms with Crippen LogP contribution in [0.3, 0.4) is 0 Å². The number of ether oxygens (including phenoxy) is 2. The molecule has 5 heterocycles. The summed E-state index contributed by atoms with van der Waals surface area (Å²) in [4.78, 5) is 80.6. The quantitative estimate of drug-likeness (QED) is 0.0531. The van der Waals surface area contributed by atoms with Crippen LogP contribution in [0.4, 0.5) is 9.93 Å². The molecule has 3 aromatic rings. The second-order valence-electron chi connectivity index (χ2n) is 11.0. The molecule has 0 unspecified atom stereocenters. The lowest BCUT2D eigenvalue weighted by molar-refractivity contribution is -0.160. The number of nitrogen functional groups attached to an aromatic ring is 1. The highest BCUT2D eigenvalue weighted by atomic mass is 32.2. The number of amides is 3. The lowest BCUT2D eigenvalue weighted by Gasteiger charge is -2.49. The SMILES string of the molecule is Cc1cc(SCC2=C(OC(=O)O)N3C(=O)[C@@H](NC(=O)/C(=N\OCC(=O)OC(C)(C)C)c4csc(N)n4)[C@H]3SC2)n2nc(C(N)=O)nc2n1. The number of carbonyl (C=O) groups is 5. The van der Waals surface area contributed by atoms with E-state index >= 15 is 0 Å². The Labute approximate surface area is 283 Å². The van der Waals surface area contributed by atoms with Crippen molar-refractivity contribution in [3.05, 3.63) is 40.1 Å². The Morgan fingerprint density at radius 1 is 1.23 bits per heavy atom. The van der Waals surface area contributed by atoms with Gasteiger partial charge in [-0.1, -0.05) is 5.16 Å². The minimum atomic E-state index is -1.64. The zero-order valence-electron chi connectivity index (χ0n) is 25.7. The van der Waals surface area contributed by atoms with Crippen LogP contribution in [-0.2, 0) is 28.7 Å². The van der Waals surface area contributed by atoms with Gasteiger partial charge in [0.25, 0.3) is 23.5 Å². The molecule has 1 fully saturated rings. The normalized spacial score (nSPS) is 17.9. The van der Waals surface area contributed by atoms with Crippen molar-refractivity contribution in [3.8, 4) is 0 Å². The maximum absolute atomic E-state index is 13.4. The van der Waals surface area contributed by atoms with Crippen LogP contribution in [0.1, 0.15) is 42.8 Å². The van der Waals surface area contributed by atoms with E-state index in [0.29, 0.717) is 16.3 Å². The predicted octanol–water partition coefficient (Wildman–Crippen LogP) is 0.731. The number of nitrogens with zero attached hydrogens (tertiary/aromatic N) is 7. The zero-order valence-corrected chi connectivity index (χ0v) is 28.1. The highest BCUT2D eigenvalue weighted by Crippen LogP contribution is 2.42. The Hall–Kier alpha value is -4.96. The zero-order chi connectivity index (χ0) is 34.9. The summed E-state index contributed by atoms with van der Waals surface area (Å²) in [7, 11) is 0. The van der Waals surface area contributed by atoms with E-state index in [4.69, 9.17) is 25.8 Å². The molecule has 5 rings (SSSR count). The third-order valence-corrected chi connectivity index (χ3v) is 9.32. The number of nitrogens with two attached hydrogens (primary N) is 2. The monoisotopic (exact) mass is 720 g/mol. The molecule has 0 aromatic carbocycles. The summed E-state index contributed by atoms with van der Waals surface area (Å²) in [6, 6.07) is 0.599. The number of hydrogen-bond donors (Lipinski definition) is 4. The van der Waals surface area contributed by atoms with Gasteiger partial charge in [-0.15, -0.1) is 40.0 Å². The minimum Gasteiger partial charge on any atom is -0.457 e. The van der Waals surface area contributed by atoms with Gasteiger partial charge in [-0.3, -0.25) is 19.3 Å². The molecule has 0 bridgehead atoms. The first-order chi connectivity index (χ1) is 22.6. The molecular formula is C26H28N10O9S3. The van der Waals surface area contributed by atoms with Gasteiger partial charge in [0.15, 0.2) is 10.8 Å². The van der Waals surface area contributed by atoms with Gasteiger partial charge in [0.05, 0.1) is 0 Å². The second-order valence-corrected chi connectivity index (χ2v) is 14.0. The Bertz CT molecular complexity index is 1880. The summed E-state index contributed by atoms with van der Waals surface area (Å²) >= 11 is 3.52. The van der Waals surface area contributed by atoms with Crippen LogP contribution in [0.2, 0.25) is 0 Å². The fraction of sp³-hybridized carbons (Fsp3) is 0.385. The predicted molar refractivity (Wildman–Crippen MR) is 171 cm³/mol. The lowest BCUT2D eigenvalue weighted by Crippen LogP contribution is -2.70. The fourth-order valence-electron chi connectivity index (χ4n) is 4.36. The number of fused-ring (bicyclic) bond motifs is 2. The first kappa shape index (κ1) is 34.4. The Balaban J connectivity index is 1.32. The topological polar surface area (TPSA) is 269 Å². The van der Waals surface area contributed by atoms with Gasteiger partial charge in [-0.05, 0) is 33.8 Å². The smallest absolute Gasteiger partial charge is 0.457 e. The molecule has 3 aromatic heterocycles. The molecule has 6 N–H and O–H groups in total. The average molecular weight is 721 g/mol. The van der Waals surface area contributed by atoms with Crippen molar-refractivity contribution in [3.63, 3.8) is 0 Å². The number of aromatic nitrogens is 5. The molecular weight excluding hydrogens is 693 g/mol. The molecule has 0 saturated carbocycles. The van der Waals surface area contributed by atoms with E-state index in [2.05, 4.69) is 30.5 Å². The molecule has 2 aliphatic rings. The summed E-state index contributed by atoms with van der Waals surface area (Å²) in [5.41, 5.74) is 11.0. The van der Waals surface area contributed by atoms with Crippen molar-refractivity contribution >= 4 is 81.3 Å². The summed E-state index contributed by atoms with van der Waals surface area (Å²) in [5.74, 6) is -2.92. The number of esters is 1. The first-order valence-electron chi connectivity index (χ1n) is 13.8. The Morgan fingerprint density at radius 2 is 1.98 bits per heavy atom. The maximum Gasteiger partial charge on any atom is 0.512 e. The molecule has 254 valence electrons. The van der Waals surface area contributed by atoms with E-state index in [0.717, 1.165) is 16.2 Å². The molecule has 0 spiro atoms. The average Bonchev–Trinajstić information content (AvgIpc) is 3.62. The molecule has 2 atom stereocenters. The van der Waals surface area contributed by atoms with Gasteiger partial charge in [0.1, 0.15) is 27.7 Å². The minimum absolute atomic E-state index is 0.0454. The number of thioether (sulfide) groups is 2. The molecule has 3 amide bonds. The van der Waals surface area contributed by atoms with Crippen LogP contribution in [0, 0.1) is 6.92 Å². The van der Waals surface area contributed by atoms with Gasteiger partial charge < -0.3 is 36.2 Å². The molecule has 48 heavy (non-hydrogen) atoms. The van der Waals surface area contributed by atoms with Crippen molar-refractivity contribution in [1.82, 2.24) is 34.8 Å². The second kappa shape index (κ2) is 13.6. The van der Waals surface area contributed by atoms with E-state index in [-0.39, 0.29) is 45.5 Å². The van der Waals surface area contributed by atoms with Gasteiger partial charge >= 0.3 is 12.1 Å². The van der Waals surface area contributed by atoms with Gasteiger partial charge in [0.2, 0.25) is 18.3 Å². The summed E-state index contributed by atoms with van der Waals surface area (Å²) in [6.07, 6.45) is -1.64. The number of nitrogens with one attached hydrogen (secondary N) is 1. The van der Waals surface area contributed by atoms with Crippen molar-refractivity contribution in [2.45, 2.75) is 49.7 Å². The van der Waals surface area contributed by atoms with E-state index in [9.17, 15) is 29.1 Å². The first-order valence-corrected chi connectivity index (χ1v) is 16.7. The van der Waals surface area contributed by atoms with Crippen molar-refractivity contribution in [1.29, 1.82) is 0 Å². The molecule has 0 radical (unpaired) electrons. The number of thiazole rings is 1. The van der Waals surface area contributed by atoms with E-state index < -0.39 is 53.5 Å². The number of carboxylic acid groups (broad SMARTS) is 1. The summed E-state index contributed by atoms with van der Waals surface area (Å²) in [6.45, 7) is 6.16. The summed E-state index contributed by atoms with van der Waals surface area (Å²) < 4.78 is 11.6. The Morgan fingerprint density at radius 3 is 2.62 bits per heavy atom. The number of β-lactam (4-membered cyclic amide) rings is 1. The van der Waals surface area contributed by atoms with Crippen LogP contribution in [0.15, 0.2) is 33.1 Å². The number of primary amides is 1. The summed E-state index contributed by atoms with van der Waals surface area (Å²) in [5, 5.41) is 21.3. The van der Waals surface area contributed by atoms with Crippen molar-refractivity contribution in [2.24, 2.45) is 10.9 Å².